The van der Waals surface area contributed by atoms with Crippen molar-refractivity contribution < 1.29 is 19.1 Å². The fourth-order valence-corrected chi connectivity index (χ4v) is 3.87. The quantitative estimate of drug-likeness (QED) is 0.690. The molecule has 2 atom stereocenters. The number of cyclic esters (lactones) is 1. The van der Waals surface area contributed by atoms with Gasteiger partial charge in [0.1, 0.15) is 18.0 Å². The van der Waals surface area contributed by atoms with E-state index in [-0.39, 0.29) is 6.54 Å². The van der Waals surface area contributed by atoms with Gasteiger partial charge in [-0.15, -0.1) is 0 Å². The average Bonchev–Trinajstić information content (AvgIpc) is 3.49. The number of hydrogen-bond acceptors (Lipinski definition) is 7. The molecule has 4 rings (SSSR count). The van der Waals surface area contributed by atoms with Crippen LogP contribution in [0.5, 0.6) is 0 Å². The van der Waals surface area contributed by atoms with Crippen LogP contribution < -0.4 is 9.80 Å². The molecule has 1 unspecified atom stereocenters. The smallest absolute Gasteiger partial charge is 0.414 e. The average molecular weight is 436 g/mol. The lowest BCUT2D eigenvalue weighted by atomic mass is 9.97. The molecule has 0 radical (unpaired) electrons. The van der Waals surface area contributed by atoms with Crippen molar-refractivity contribution >= 4 is 23.7 Å². The minimum absolute atomic E-state index is 0.0936. The molecule has 2 aromatic rings. The third-order valence-corrected chi connectivity index (χ3v) is 5.76. The minimum Gasteiger partial charge on any atom is -0.414 e. The molecule has 2 heterocycles. The highest BCUT2D eigenvalue weighted by atomic mass is 16.6. The molecule has 1 N–H and O–H groups in total. The number of quaternary nitrogens is 1. The second kappa shape index (κ2) is 7.92. The lowest BCUT2D eigenvalue weighted by Gasteiger charge is -2.28. The molecule has 0 bridgehead atoms. The molecular formula is C24H27N4O4+. The summed E-state index contributed by atoms with van der Waals surface area (Å²) in [7, 11) is 0. The maximum absolute atomic E-state index is 13.3. The molecule has 2 amide bonds. The zero-order chi connectivity index (χ0) is 23.0. The van der Waals surface area contributed by atoms with E-state index in [0.717, 1.165) is 18.4 Å². The van der Waals surface area contributed by atoms with Gasteiger partial charge in [0.2, 0.25) is 0 Å². The Morgan fingerprint density at radius 1 is 1.28 bits per heavy atom. The highest BCUT2D eigenvalue weighted by Gasteiger charge is 2.59. The maximum Gasteiger partial charge on any atom is 0.532 e. The number of ether oxygens (including phenoxy) is 2. The second-order valence-corrected chi connectivity index (χ2v) is 9.32. The van der Waals surface area contributed by atoms with Crippen molar-refractivity contribution in [1.82, 2.24) is 9.47 Å². The first-order valence-corrected chi connectivity index (χ1v) is 10.7. The minimum atomic E-state index is -0.772. The Hall–Kier alpha value is -3.44. The van der Waals surface area contributed by atoms with Crippen LogP contribution in [0, 0.1) is 11.3 Å². The Labute approximate surface area is 187 Å². The van der Waals surface area contributed by atoms with Crippen molar-refractivity contribution in [3.8, 4) is 6.07 Å². The molecule has 0 spiro atoms. The summed E-state index contributed by atoms with van der Waals surface area (Å²) in [5.74, 6) is 0.654. The van der Waals surface area contributed by atoms with Crippen molar-refractivity contribution in [3.05, 3.63) is 54.2 Å². The number of pyridine rings is 1. The Bertz CT molecular complexity index is 1050. The lowest BCUT2D eigenvalue weighted by molar-refractivity contribution is 0.0346. The number of aromatic nitrogens is 1. The summed E-state index contributed by atoms with van der Waals surface area (Å²) in [4.78, 5) is 30.7. The van der Waals surface area contributed by atoms with Gasteiger partial charge in [0.15, 0.2) is 11.8 Å². The zero-order valence-electron chi connectivity index (χ0n) is 18.5. The molecular weight excluding hydrogens is 408 g/mol. The van der Waals surface area contributed by atoms with Crippen LogP contribution in [0.3, 0.4) is 0 Å². The topological polar surface area (TPSA) is 101 Å². The normalized spacial score (nSPS) is 23.7. The third-order valence-electron chi connectivity index (χ3n) is 5.76. The number of imide groups is 1. The van der Waals surface area contributed by atoms with Crippen LogP contribution in [-0.2, 0) is 14.9 Å². The molecule has 1 aromatic carbocycles. The van der Waals surface area contributed by atoms with Crippen molar-refractivity contribution in [3.63, 3.8) is 0 Å². The van der Waals surface area contributed by atoms with Gasteiger partial charge < -0.3 is 14.8 Å². The van der Waals surface area contributed by atoms with Crippen LogP contribution in [0.25, 0.3) is 0 Å². The van der Waals surface area contributed by atoms with E-state index in [9.17, 15) is 14.9 Å². The molecule has 2 aliphatic rings. The van der Waals surface area contributed by atoms with Gasteiger partial charge in [-0.3, -0.25) is 0 Å². The summed E-state index contributed by atoms with van der Waals surface area (Å²) >= 11 is 0. The number of anilines is 1. The Balaban J connectivity index is 1.62. The van der Waals surface area contributed by atoms with Gasteiger partial charge in [-0.25, -0.2) is 4.98 Å². The molecule has 1 aliphatic heterocycles. The molecule has 1 aliphatic carbocycles. The molecule has 8 heteroatoms. The number of carbonyl (C=O) groups excluding carboxylic acids is 2. The van der Waals surface area contributed by atoms with Crippen LogP contribution >= 0.6 is 0 Å². The van der Waals surface area contributed by atoms with E-state index >= 15 is 0 Å². The number of nitrogens with zero attached hydrogens (tertiary/aromatic N) is 3. The number of benzene rings is 1. The number of hydrogen-bond donors (Lipinski definition) is 1. The number of rotatable bonds is 5. The van der Waals surface area contributed by atoms with E-state index in [0.29, 0.717) is 18.1 Å². The summed E-state index contributed by atoms with van der Waals surface area (Å²) in [5.41, 5.74) is 0.135. The van der Waals surface area contributed by atoms with Crippen LogP contribution in [0.15, 0.2) is 48.7 Å². The van der Waals surface area contributed by atoms with Gasteiger partial charge >= 0.3 is 12.2 Å². The number of nitriles is 1. The Morgan fingerprint density at radius 3 is 2.56 bits per heavy atom. The van der Waals surface area contributed by atoms with E-state index in [2.05, 4.69) is 16.4 Å². The monoisotopic (exact) mass is 435 g/mol. The molecule has 8 nitrogen and oxygen atoms in total. The summed E-state index contributed by atoms with van der Waals surface area (Å²) in [6.07, 6.45) is 1.39. The standard InChI is InChI=1S/C24H27N4O4/c1-23(2,3)32-22(30)28(18-9-7-17(8-10-18)24(16-25)11-12-24)15-19(31-21(28)29)14-27-20-6-4-5-13-26-20/h4-10,13,19H,11-12,14-15H2,1-3H3,(H,26,27)/q+1/t19?,28-/m0/s1. The Morgan fingerprint density at radius 2 is 2.00 bits per heavy atom. The highest BCUT2D eigenvalue weighted by Crippen LogP contribution is 2.48. The van der Waals surface area contributed by atoms with E-state index in [1.807, 2.05) is 30.3 Å². The fourth-order valence-electron chi connectivity index (χ4n) is 3.87. The number of amides is 2. The first-order chi connectivity index (χ1) is 15.2. The van der Waals surface area contributed by atoms with Gasteiger partial charge in [-0.1, -0.05) is 22.7 Å². The van der Waals surface area contributed by atoms with Crippen molar-refractivity contribution in [2.45, 2.75) is 50.7 Å². The summed E-state index contributed by atoms with van der Waals surface area (Å²) in [6.45, 7) is 5.68. The van der Waals surface area contributed by atoms with E-state index in [1.54, 1.807) is 39.1 Å². The van der Waals surface area contributed by atoms with Crippen LogP contribution in [0.2, 0.25) is 0 Å². The Kier molecular flexibility index (Phi) is 5.39. The van der Waals surface area contributed by atoms with E-state index in [1.165, 1.54) is 0 Å². The highest BCUT2D eigenvalue weighted by molar-refractivity contribution is 6.04. The van der Waals surface area contributed by atoms with E-state index in [4.69, 9.17) is 9.47 Å². The molecule has 1 saturated heterocycles. The van der Waals surface area contributed by atoms with Gasteiger partial charge in [0, 0.05) is 18.3 Å². The fraction of sp³-hybridized carbons (Fsp3) is 0.417. The largest absolute Gasteiger partial charge is 0.532 e. The number of carbonyl (C=O) groups is 2. The SMILES string of the molecule is CC(C)(C)OC(=O)[N@+]1(c2ccc(C3(C#N)CC3)cc2)CC(CNc2ccccn2)OC1=O. The summed E-state index contributed by atoms with van der Waals surface area (Å²) in [6, 6.07) is 14.9. The first-order valence-electron chi connectivity index (χ1n) is 10.7. The predicted octanol–water partition coefficient (Wildman–Crippen LogP) is 4.51. The van der Waals surface area contributed by atoms with Crippen LogP contribution in [-0.4, -0.2) is 42.0 Å². The van der Waals surface area contributed by atoms with Gasteiger partial charge in [0.25, 0.3) is 0 Å². The van der Waals surface area contributed by atoms with Crippen molar-refractivity contribution in [2.75, 3.05) is 18.4 Å². The first kappa shape index (κ1) is 21.8. The predicted molar refractivity (Wildman–Crippen MR) is 119 cm³/mol. The lowest BCUT2D eigenvalue weighted by Crippen LogP contribution is -2.57. The second-order valence-electron chi connectivity index (χ2n) is 9.32. The maximum atomic E-state index is 13.3. The molecule has 166 valence electrons. The number of nitrogens with one attached hydrogen (secondary N) is 1. The third kappa shape index (κ3) is 4.04. The van der Waals surface area contributed by atoms with Gasteiger partial charge in [0.05, 0.1) is 18.0 Å². The molecule has 32 heavy (non-hydrogen) atoms. The van der Waals surface area contributed by atoms with Crippen molar-refractivity contribution in [1.29, 1.82) is 5.26 Å². The summed E-state index contributed by atoms with van der Waals surface area (Å²) < 4.78 is 10.6. The van der Waals surface area contributed by atoms with Gasteiger partial charge in [-0.2, -0.15) is 14.9 Å². The molecule has 2 fully saturated rings. The molecule has 1 saturated carbocycles. The van der Waals surface area contributed by atoms with Gasteiger partial charge in [-0.05, 0) is 51.3 Å². The van der Waals surface area contributed by atoms with E-state index < -0.39 is 33.8 Å². The summed E-state index contributed by atoms with van der Waals surface area (Å²) in [5, 5.41) is 12.6. The zero-order valence-corrected chi connectivity index (χ0v) is 18.5. The molecule has 1 aromatic heterocycles. The van der Waals surface area contributed by atoms with Crippen molar-refractivity contribution in [2.24, 2.45) is 0 Å². The van der Waals surface area contributed by atoms with Crippen LogP contribution in [0.1, 0.15) is 39.2 Å². The van der Waals surface area contributed by atoms with Crippen LogP contribution in [0.4, 0.5) is 21.1 Å².